The summed E-state index contributed by atoms with van der Waals surface area (Å²) in [5, 5.41) is 0. The van der Waals surface area contributed by atoms with E-state index in [4.69, 9.17) is 1.37 Å². The normalized spacial score (nSPS) is 10.7. The quantitative estimate of drug-likeness (QED) is 0.653. The molecule has 1 heteroatoms. The third-order valence-electron chi connectivity index (χ3n) is 2.03. The van der Waals surface area contributed by atoms with Gasteiger partial charge in [0, 0.05) is 5.56 Å². The number of hydrogen-bond donors (Lipinski definition) is 0. The summed E-state index contributed by atoms with van der Waals surface area (Å²) in [4.78, 5) is 10.7. The largest absolute Gasteiger partial charge is 0.298 e. The molecule has 0 aromatic heterocycles. The van der Waals surface area contributed by atoms with Crippen LogP contribution in [0.1, 0.15) is 11.7 Å². The Bertz CT molecular complexity index is 477. The van der Waals surface area contributed by atoms with E-state index < -0.39 is 0 Å². The lowest BCUT2D eigenvalue weighted by molar-refractivity contribution is 0.112. The molecule has 0 bridgehead atoms. The van der Waals surface area contributed by atoms with Crippen LogP contribution in [0.3, 0.4) is 0 Å². The van der Waals surface area contributed by atoms with E-state index in [2.05, 4.69) is 0 Å². The fraction of sp³-hybridized carbons (Fsp3) is 0. The van der Waals surface area contributed by atoms with Gasteiger partial charge in [0.1, 0.15) is 6.29 Å². The molecule has 0 atom stereocenters. The van der Waals surface area contributed by atoms with Gasteiger partial charge in [-0.2, -0.15) is 0 Å². The Hall–Kier alpha value is -1.89. The van der Waals surface area contributed by atoms with Gasteiger partial charge in [-0.1, -0.05) is 48.5 Å². The van der Waals surface area contributed by atoms with E-state index in [0.29, 0.717) is 11.6 Å². The molecule has 0 aliphatic carbocycles. The standard InChI is InChI=1S/C13H10O/c14-10-11-5-4-8-13(9-11)12-6-2-1-3-7-12/h1-10H/i9D. The number of aldehydes is 1. The molecule has 0 fully saturated rings. The van der Waals surface area contributed by atoms with Crippen molar-refractivity contribution in [2.24, 2.45) is 0 Å². The zero-order chi connectivity index (χ0) is 10.7. The molecule has 2 rings (SSSR count). The molecule has 1 nitrogen and oxygen atoms in total. The second-order valence-electron chi connectivity index (χ2n) is 3.00. The SMILES string of the molecule is [2H]c1c(C=O)cccc1-c1ccccc1. The van der Waals surface area contributed by atoms with Crippen molar-refractivity contribution in [2.45, 2.75) is 0 Å². The van der Waals surface area contributed by atoms with Gasteiger partial charge in [-0.05, 0) is 17.2 Å². The zero-order valence-electron chi connectivity index (χ0n) is 8.60. The molecule has 2 aromatic carbocycles. The molecule has 0 saturated heterocycles. The summed E-state index contributed by atoms with van der Waals surface area (Å²) in [5.41, 5.74) is 2.18. The molecule has 2 aromatic rings. The van der Waals surface area contributed by atoms with Crippen LogP contribution in [0.5, 0.6) is 0 Å². The van der Waals surface area contributed by atoms with Crippen LogP contribution in [-0.4, -0.2) is 6.29 Å². The topological polar surface area (TPSA) is 17.1 Å². The minimum Gasteiger partial charge on any atom is -0.298 e. The van der Waals surface area contributed by atoms with E-state index in [1.807, 2.05) is 36.4 Å². The van der Waals surface area contributed by atoms with Gasteiger partial charge in [-0.15, -0.1) is 0 Å². The lowest BCUT2D eigenvalue weighted by atomic mass is 10.0. The van der Waals surface area contributed by atoms with Gasteiger partial charge in [0.2, 0.25) is 0 Å². The fourth-order valence-electron chi connectivity index (χ4n) is 1.34. The van der Waals surface area contributed by atoms with Gasteiger partial charge < -0.3 is 0 Å². The minimum absolute atomic E-state index is 0.290. The number of hydrogen-bond acceptors (Lipinski definition) is 1. The molecule has 0 spiro atoms. The highest BCUT2D eigenvalue weighted by Crippen LogP contribution is 2.18. The maximum absolute atomic E-state index is 10.7. The third kappa shape index (κ3) is 1.72. The smallest absolute Gasteiger partial charge is 0.150 e. The summed E-state index contributed by atoms with van der Waals surface area (Å²) < 4.78 is 7.85. The van der Waals surface area contributed by atoms with Gasteiger partial charge in [-0.3, -0.25) is 4.79 Å². The monoisotopic (exact) mass is 183 g/mol. The van der Waals surface area contributed by atoms with E-state index in [0.717, 1.165) is 17.4 Å². The van der Waals surface area contributed by atoms with Crippen LogP contribution in [-0.2, 0) is 0 Å². The Balaban J connectivity index is 2.59. The molecule has 0 saturated carbocycles. The van der Waals surface area contributed by atoms with Crippen LogP contribution in [0.15, 0.2) is 54.6 Å². The summed E-state index contributed by atoms with van der Waals surface area (Å²) in [6, 6.07) is 15.2. The average Bonchev–Trinajstić information content (AvgIpc) is 2.30. The van der Waals surface area contributed by atoms with Crippen molar-refractivity contribution >= 4 is 6.29 Å². The van der Waals surface area contributed by atoms with Crippen molar-refractivity contribution < 1.29 is 6.17 Å². The number of carbonyl (C=O) groups excluding carboxylic acids is 1. The van der Waals surface area contributed by atoms with Gasteiger partial charge in [0.15, 0.2) is 0 Å². The minimum atomic E-state index is 0.290. The molecule has 68 valence electrons. The summed E-state index contributed by atoms with van der Waals surface area (Å²) in [5.74, 6) is 0. The summed E-state index contributed by atoms with van der Waals surface area (Å²) >= 11 is 0. The molecule has 14 heavy (non-hydrogen) atoms. The second kappa shape index (κ2) is 3.88. The van der Waals surface area contributed by atoms with Crippen molar-refractivity contribution in [2.75, 3.05) is 0 Å². The maximum Gasteiger partial charge on any atom is 0.150 e. The molecular formula is C13H10O. The predicted octanol–water partition coefficient (Wildman–Crippen LogP) is 3.17. The Morgan fingerprint density at radius 1 is 0.929 bits per heavy atom. The van der Waals surface area contributed by atoms with Gasteiger partial charge in [-0.25, -0.2) is 0 Å². The first kappa shape index (κ1) is 7.51. The van der Waals surface area contributed by atoms with Crippen molar-refractivity contribution in [1.82, 2.24) is 0 Å². The Morgan fingerprint density at radius 3 is 2.36 bits per heavy atom. The molecule has 0 unspecified atom stereocenters. The highest BCUT2D eigenvalue weighted by molar-refractivity contribution is 5.78. The Labute approximate surface area is 84.4 Å². The van der Waals surface area contributed by atoms with Crippen molar-refractivity contribution in [3.05, 3.63) is 60.1 Å². The van der Waals surface area contributed by atoms with Gasteiger partial charge in [0.05, 0.1) is 1.37 Å². The summed E-state index contributed by atoms with van der Waals surface area (Å²) in [6.07, 6.45) is 0.717. The van der Waals surface area contributed by atoms with Crippen molar-refractivity contribution in [3.8, 4) is 11.1 Å². The second-order valence-corrected chi connectivity index (χ2v) is 3.00. The van der Waals surface area contributed by atoms with Gasteiger partial charge in [0.25, 0.3) is 0 Å². The lowest BCUT2D eigenvalue weighted by Gasteiger charge is -2.00. The molecule has 0 radical (unpaired) electrons. The number of rotatable bonds is 2. The molecular weight excluding hydrogens is 172 g/mol. The van der Waals surface area contributed by atoms with E-state index in [1.165, 1.54) is 0 Å². The molecule has 0 heterocycles. The molecule has 0 aliphatic rings. The Morgan fingerprint density at radius 2 is 1.64 bits per heavy atom. The number of carbonyl (C=O) groups is 1. The summed E-state index contributed by atoms with van der Waals surface area (Å²) in [7, 11) is 0. The lowest BCUT2D eigenvalue weighted by Crippen LogP contribution is -1.81. The zero-order valence-corrected chi connectivity index (χ0v) is 7.60. The first-order valence-electron chi connectivity index (χ1n) is 4.93. The highest BCUT2D eigenvalue weighted by atomic mass is 16.1. The van der Waals surface area contributed by atoms with E-state index >= 15 is 0 Å². The van der Waals surface area contributed by atoms with E-state index in [9.17, 15) is 4.79 Å². The summed E-state index contributed by atoms with van der Waals surface area (Å²) in [6.45, 7) is 0. The van der Waals surface area contributed by atoms with Crippen LogP contribution in [0, 0.1) is 0 Å². The van der Waals surface area contributed by atoms with Crippen LogP contribution < -0.4 is 0 Å². The average molecular weight is 183 g/mol. The first-order valence-corrected chi connectivity index (χ1v) is 4.43. The maximum atomic E-state index is 10.7. The van der Waals surface area contributed by atoms with Crippen molar-refractivity contribution in [3.63, 3.8) is 0 Å². The van der Waals surface area contributed by atoms with Crippen LogP contribution >= 0.6 is 0 Å². The molecule has 0 N–H and O–H groups in total. The first-order chi connectivity index (χ1) is 7.33. The third-order valence-corrected chi connectivity index (χ3v) is 2.03. The molecule has 0 aliphatic heterocycles. The highest BCUT2D eigenvalue weighted by Gasteiger charge is 1.96. The van der Waals surface area contributed by atoms with Gasteiger partial charge >= 0.3 is 0 Å². The predicted molar refractivity (Wildman–Crippen MR) is 57.3 cm³/mol. The van der Waals surface area contributed by atoms with Crippen LogP contribution in [0.25, 0.3) is 11.1 Å². The molecule has 0 amide bonds. The van der Waals surface area contributed by atoms with Crippen molar-refractivity contribution in [1.29, 1.82) is 0 Å². The van der Waals surface area contributed by atoms with E-state index in [-0.39, 0.29) is 0 Å². The fourth-order valence-corrected chi connectivity index (χ4v) is 1.34. The van der Waals surface area contributed by atoms with Crippen LogP contribution in [0.2, 0.25) is 0 Å². The number of benzene rings is 2. The van der Waals surface area contributed by atoms with Crippen LogP contribution in [0.4, 0.5) is 0 Å². The Kier molecular flexibility index (Phi) is 2.08. The van der Waals surface area contributed by atoms with E-state index in [1.54, 1.807) is 12.1 Å².